The Balaban J connectivity index is 4.03. The van der Waals surface area contributed by atoms with Crippen molar-refractivity contribution >= 4 is 11.7 Å². The van der Waals surface area contributed by atoms with Gasteiger partial charge in [0.15, 0.2) is 0 Å². The number of aliphatic hydroxyl groups excluding tert-OH is 2. The monoisotopic (exact) mass is 596 g/mol. The van der Waals surface area contributed by atoms with E-state index in [1.807, 2.05) is 0 Å². The van der Waals surface area contributed by atoms with Crippen LogP contribution in [0.1, 0.15) is 206 Å². The third kappa shape index (κ3) is 23.5. The molecule has 1 amide bonds. The number of Topliss-reactive ketones (excluding diaryl/α,β-unsaturated/α-hetero) is 1. The fraction of sp³-hybridized carbons (Fsp3) is 0.946. The zero-order valence-electron chi connectivity index (χ0n) is 28.1. The molecule has 0 aromatic heterocycles. The Bertz CT molecular complexity index is 596. The molecule has 0 saturated heterocycles. The maximum atomic E-state index is 13.3. The molecule has 0 radical (unpaired) electrons. The van der Waals surface area contributed by atoms with Crippen LogP contribution >= 0.6 is 0 Å². The van der Waals surface area contributed by atoms with Crippen LogP contribution < -0.4 is 5.73 Å². The van der Waals surface area contributed by atoms with Gasteiger partial charge in [0, 0.05) is 19.6 Å². The molecule has 0 fully saturated rings. The summed E-state index contributed by atoms with van der Waals surface area (Å²) in [7, 11) is 0. The Morgan fingerprint density at radius 2 is 0.762 bits per heavy atom. The first-order chi connectivity index (χ1) is 20.5. The smallest absolute Gasteiger partial charge is 0.231 e. The Morgan fingerprint density at radius 3 is 1.12 bits per heavy atom. The van der Waals surface area contributed by atoms with E-state index in [2.05, 4.69) is 6.92 Å². The summed E-state index contributed by atoms with van der Waals surface area (Å²) in [5, 5.41) is 18.2. The molecule has 0 heterocycles. The maximum absolute atomic E-state index is 13.3. The minimum absolute atomic E-state index is 0.00776. The van der Waals surface area contributed by atoms with Crippen LogP contribution in [0.25, 0.3) is 0 Å². The van der Waals surface area contributed by atoms with Crippen molar-refractivity contribution in [1.82, 2.24) is 0 Å². The Hall–Kier alpha value is -0.940. The normalized spacial score (nSPS) is 12.9. The van der Waals surface area contributed by atoms with Crippen LogP contribution in [0.3, 0.4) is 0 Å². The second-order valence-electron chi connectivity index (χ2n) is 13.1. The van der Waals surface area contributed by atoms with Gasteiger partial charge in [0.1, 0.15) is 11.2 Å². The van der Waals surface area contributed by atoms with Crippen LogP contribution in [0.15, 0.2) is 0 Å². The highest BCUT2D eigenvalue weighted by atomic mass is 16.3. The van der Waals surface area contributed by atoms with Gasteiger partial charge in [-0.15, -0.1) is 0 Å². The van der Waals surface area contributed by atoms with Gasteiger partial charge in [-0.2, -0.15) is 0 Å². The summed E-state index contributed by atoms with van der Waals surface area (Å²) in [4.78, 5) is 25.9. The summed E-state index contributed by atoms with van der Waals surface area (Å²) >= 11 is 0. The molecule has 5 heteroatoms. The van der Waals surface area contributed by atoms with E-state index in [-0.39, 0.29) is 12.4 Å². The Labute approximate surface area is 261 Å². The first-order valence-electron chi connectivity index (χ1n) is 18.6. The Kier molecular flexibility index (Phi) is 30.8. The summed E-state index contributed by atoms with van der Waals surface area (Å²) in [6, 6.07) is 0. The lowest BCUT2D eigenvalue weighted by molar-refractivity contribution is -0.141. The quantitative estimate of drug-likeness (QED) is 0.0501. The van der Waals surface area contributed by atoms with E-state index in [4.69, 9.17) is 10.8 Å². The standard InChI is InChI=1S/C37H73NO4/c1-2-3-4-5-6-7-8-15-18-21-24-27-31-37(36(38)42,32-29-34-40)35(41)30-26-23-20-17-14-12-10-9-11-13-16-19-22-25-28-33-39/h39-40H,2-34H2,1H3,(H2,38,42). The number of carbonyl (C=O) groups excluding carboxylic acids is 2. The average Bonchev–Trinajstić information content (AvgIpc) is 2.98. The van der Waals surface area contributed by atoms with Crippen LogP contribution in [-0.4, -0.2) is 35.1 Å². The summed E-state index contributed by atoms with van der Waals surface area (Å²) < 4.78 is 0. The van der Waals surface area contributed by atoms with Crippen molar-refractivity contribution < 1.29 is 19.8 Å². The van der Waals surface area contributed by atoms with Crippen LogP contribution in [0.2, 0.25) is 0 Å². The molecule has 0 bridgehead atoms. The maximum Gasteiger partial charge on any atom is 0.231 e. The number of carbonyl (C=O) groups is 2. The van der Waals surface area contributed by atoms with Gasteiger partial charge in [-0.3, -0.25) is 9.59 Å². The van der Waals surface area contributed by atoms with Gasteiger partial charge in [0.05, 0.1) is 0 Å². The van der Waals surface area contributed by atoms with Gasteiger partial charge in [-0.25, -0.2) is 0 Å². The van der Waals surface area contributed by atoms with Crippen LogP contribution in [-0.2, 0) is 9.59 Å². The number of nitrogens with two attached hydrogens (primary N) is 1. The van der Waals surface area contributed by atoms with Crippen molar-refractivity contribution in [3.8, 4) is 0 Å². The molecule has 0 saturated carbocycles. The number of primary amides is 1. The highest BCUT2D eigenvalue weighted by molar-refractivity contribution is 6.05. The van der Waals surface area contributed by atoms with Crippen molar-refractivity contribution in [1.29, 1.82) is 0 Å². The number of aliphatic hydroxyl groups is 2. The molecule has 0 spiro atoms. The molecule has 1 atom stereocenters. The molecular formula is C37H73NO4. The predicted octanol–water partition coefficient (Wildman–Crippen LogP) is 10.1. The molecule has 5 nitrogen and oxygen atoms in total. The third-order valence-corrected chi connectivity index (χ3v) is 9.29. The molecule has 0 aliphatic carbocycles. The lowest BCUT2D eigenvalue weighted by Crippen LogP contribution is -2.44. The Morgan fingerprint density at radius 1 is 0.452 bits per heavy atom. The largest absolute Gasteiger partial charge is 0.396 e. The number of rotatable bonds is 35. The number of hydrogen-bond acceptors (Lipinski definition) is 4. The van der Waals surface area contributed by atoms with Crippen molar-refractivity contribution in [3.05, 3.63) is 0 Å². The first-order valence-corrected chi connectivity index (χ1v) is 18.6. The van der Waals surface area contributed by atoms with Crippen molar-refractivity contribution in [3.63, 3.8) is 0 Å². The number of amides is 1. The molecule has 0 aromatic carbocycles. The first kappa shape index (κ1) is 41.1. The van der Waals surface area contributed by atoms with Crippen molar-refractivity contribution in [2.24, 2.45) is 11.1 Å². The van der Waals surface area contributed by atoms with E-state index in [1.165, 1.54) is 128 Å². The zero-order chi connectivity index (χ0) is 31.0. The average molecular weight is 596 g/mol. The minimum atomic E-state index is -1.08. The van der Waals surface area contributed by atoms with E-state index in [1.54, 1.807) is 0 Å². The van der Waals surface area contributed by atoms with Crippen LogP contribution in [0.5, 0.6) is 0 Å². The van der Waals surface area contributed by atoms with Gasteiger partial charge < -0.3 is 15.9 Å². The molecule has 1 unspecified atom stereocenters. The number of hydrogen-bond donors (Lipinski definition) is 3. The van der Waals surface area contributed by atoms with E-state index >= 15 is 0 Å². The van der Waals surface area contributed by atoms with Gasteiger partial charge in [-0.05, 0) is 32.1 Å². The van der Waals surface area contributed by atoms with Crippen LogP contribution in [0.4, 0.5) is 0 Å². The summed E-state index contributed by atoms with van der Waals surface area (Å²) in [5.41, 5.74) is 4.78. The van der Waals surface area contributed by atoms with E-state index in [9.17, 15) is 14.7 Å². The second kappa shape index (κ2) is 31.5. The molecular weight excluding hydrogens is 522 g/mol. The van der Waals surface area contributed by atoms with Gasteiger partial charge in [-0.1, -0.05) is 167 Å². The number of ketones is 1. The third-order valence-electron chi connectivity index (χ3n) is 9.29. The minimum Gasteiger partial charge on any atom is -0.396 e. The highest BCUT2D eigenvalue weighted by Gasteiger charge is 2.42. The van der Waals surface area contributed by atoms with Gasteiger partial charge >= 0.3 is 0 Å². The molecule has 42 heavy (non-hydrogen) atoms. The summed E-state index contributed by atoms with van der Waals surface area (Å²) in [6.45, 7) is 2.58. The van der Waals surface area contributed by atoms with Crippen LogP contribution in [0, 0.1) is 5.41 Å². The predicted molar refractivity (Wildman–Crippen MR) is 180 cm³/mol. The SMILES string of the molecule is CCCCCCCCCCCCCCC(CCCO)(C(N)=O)C(=O)CCCCCCCCCCCCCCCCCO. The fourth-order valence-corrected chi connectivity index (χ4v) is 6.37. The fourth-order valence-electron chi connectivity index (χ4n) is 6.37. The lowest BCUT2D eigenvalue weighted by atomic mass is 9.72. The van der Waals surface area contributed by atoms with Crippen molar-refractivity contribution in [2.45, 2.75) is 206 Å². The van der Waals surface area contributed by atoms with Gasteiger partial charge in [0.2, 0.25) is 5.91 Å². The summed E-state index contributed by atoms with van der Waals surface area (Å²) in [6.07, 6.45) is 35.1. The van der Waals surface area contributed by atoms with E-state index in [0.717, 1.165) is 44.9 Å². The highest BCUT2D eigenvalue weighted by Crippen LogP contribution is 2.34. The molecule has 250 valence electrons. The van der Waals surface area contributed by atoms with E-state index in [0.29, 0.717) is 32.3 Å². The summed E-state index contributed by atoms with van der Waals surface area (Å²) in [5.74, 6) is -0.467. The lowest BCUT2D eigenvalue weighted by Gasteiger charge is -2.29. The number of unbranched alkanes of at least 4 members (excludes halogenated alkanes) is 25. The molecule has 0 aliphatic heterocycles. The van der Waals surface area contributed by atoms with Gasteiger partial charge in [0.25, 0.3) is 0 Å². The van der Waals surface area contributed by atoms with E-state index < -0.39 is 11.3 Å². The second-order valence-corrected chi connectivity index (χ2v) is 13.1. The molecule has 0 rings (SSSR count). The topological polar surface area (TPSA) is 101 Å². The zero-order valence-corrected chi connectivity index (χ0v) is 28.1. The molecule has 0 aromatic rings. The molecule has 0 aliphatic rings. The molecule has 4 N–H and O–H groups in total. The van der Waals surface area contributed by atoms with Crippen molar-refractivity contribution in [2.75, 3.05) is 13.2 Å².